The number of anilines is 1. The standard InChI is InChI=1S/C18H25N3O6/c1-25-13-4-5-14(15(10-13)26-2)20-17(23)16(22)19-11-12-6-8-21(9-7-12)18(24)27-3/h4-5,10,12H,6-9,11H2,1-3H3,(H,19,22)(H,20,23). The van der Waals surface area contributed by atoms with E-state index < -0.39 is 11.8 Å². The zero-order valence-corrected chi connectivity index (χ0v) is 15.7. The maximum absolute atomic E-state index is 12.1. The zero-order chi connectivity index (χ0) is 19.8. The van der Waals surface area contributed by atoms with E-state index in [1.54, 1.807) is 23.1 Å². The fourth-order valence-electron chi connectivity index (χ4n) is 2.85. The first kappa shape index (κ1) is 20.3. The fraction of sp³-hybridized carbons (Fsp3) is 0.500. The summed E-state index contributed by atoms with van der Waals surface area (Å²) in [7, 11) is 4.34. The molecule has 9 nitrogen and oxygen atoms in total. The van der Waals surface area contributed by atoms with Crippen molar-refractivity contribution in [3.8, 4) is 11.5 Å². The third kappa shape index (κ3) is 5.50. The highest BCUT2D eigenvalue weighted by atomic mass is 16.5. The van der Waals surface area contributed by atoms with Crippen LogP contribution in [0.3, 0.4) is 0 Å². The molecule has 1 saturated heterocycles. The lowest BCUT2D eigenvalue weighted by molar-refractivity contribution is -0.136. The number of methoxy groups -OCH3 is 3. The molecule has 0 aliphatic carbocycles. The van der Waals surface area contributed by atoms with E-state index in [1.165, 1.54) is 21.3 Å². The van der Waals surface area contributed by atoms with E-state index in [1.807, 2.05) is 0 Å². The Bertz CT molecular complexity index is 686. The highest BCUT2D eigenvalue weighted by Crippen LogP contribution is 2.28. The first-order chi connectivity index (χ1) is 13.0. The molecule has 1 aromatic carbocycles. The van der Waals surface area contributed by atoms with Gasteiger partial charge in [-0.25, -0.2) is 4.79 Å². The van der Waals surface area contributed by atoms with Gasteiger partial charge in [-0.3, -0.25) is 9.59 Å². The van der Waals surface area contributed by atoms with Crippen LogP contribution in [0.15, 0.2) is 18.2 Å². The van der Waals surface area contributed by atoms with E-state index in [0.717, 1.165) is 12.8 Å². The summed E-state index contributed by atoms with van der Waals surface area (Å²) in [5.74, 6) is -0.315. The summed E-state index contributed by atoms with van der Waals surface area (Å²) in [6, 6.07) is 4.87. The number of ether oxygens (including phenoxy) is 3. The van der Waals surface area contributed by atoms with Crippen molar-refractivity contribution < 1.29 is 28.6 Å². The molecule has 0 radical (unpaired) electrons. The summed E-state index contributed by atoms with van der Waals surface area (Å²) in [6.45, 7) is 1.52. The lowest BCUT2D eigenvalue weighted by atomic mass is 9.97. The average Bonchev–Trinajstić information content (AvgIpc) is 2.71. The number of benzene rings is 1. The number of nitrogens with zero attached hydrogens (tertiary/aromatic N) is 1. The SMILES string of the molecule is COC(=O)N1CCC(CNC(=O)C(=O)Nc2ccc(OC)cc2OC)CC1. The van der Waals surface area contributed by atoms with Crippen LogP contribution in [0.4, 0.5) is 10.5 Å². The van der Waals surface area contributed by atoms with Gasteiger partial charge in [0.2, 0.25) is 0 Å². The predicted octanol–water partition coefficient (Wildman–Crippen LogP) is 1.24. The van der Waals surface area contributed by atoms with E-state index in [4.69, 9.17) is 14.2 Å². The molecule has 0 spiro atoms. The van der Waals surface area contributed by atoms with Gasteiger partial charge in [0.15, 0.2) is 0 Å². The molecule has 3 amide bonds. The minimum Gasteiger partial charge on any atom is -0.497 e. The average molecular weight is 379 g/mol. The van der Waals surface area contributed by atoms with E-state index in [0.29, 0.717) is 36.8 Å². The molecule has 27 heavy (non-hydrogen) atoms. The Kier molecular flexibility index (Phi) is 7.27. The normalized spacial score (nSPS) is 14.3. The quantitative estimate of drug-likeness (QED) is 0.746. The van der Waals surface area contributed by atoms with Crippen LogP contribution in [0.25, 0.3) is 0 Å². The molecular formula is C18H25N3O6. The Hall–Kier alpha value is -2.97. The smallest absolute Gasteiger partial charge is 0.409 e. The van der Waals surface area contributed by atoms with E-state index in [9.17, 15) is 14.4 Å². The van der Waals surface area contributed by atoms with Crippen molar-refractivity contribution in [3.63, 3.8) is 0 Å². The minimum atomic E-state index is -0.773. The van der Waals surface area contributed by atoms with Gasteiger partial charge in [-0.05, 0) is 30.9 Å². The molecule has 1 heterocycles. The highest BCUT2D eigenvalue weighted by Gasteiger charge is 2.24. The van der Waals surface area contributed by atoms with Crippen LogP contribution in [-0.4, -0.2) is 63.8 Å². The summed E-state index contributed by atoms with van der Waals surface area (Å²) in [4.78, 5) is 37.3. The van der Waals surface area contributed by atoms with Crippen molar-refractivity contribution in [3.05, 3.63) is 18.2 Å². The molecule has 0 aromatic heterocycles. The van der Waals surface area contributed by atoms with Gasteiger partial charge in [0.25, 0.3) is 0 Å². The Morgan fingerprint density at radius 3 is 2.37 bits per heavy atom. The van der Waals surface area contributed by atoms with Crippen LogP contribution >= 0.6 is 0 Å². The molecule has 9 heteroatoms. The van der Waals surface area contributed by atoms with Gasteiger partial charge in [-0.15, -0.1) is 0 Å². The predicted molar refractivity (Wildman–Crippen MR) is 97.9 cm³/mol. The van der Waals surface area contributed by atoms with Crippen LogP contribution in [0.1, 0.15) is 12.8 Å². The molecule has 0 bridgehead atoms. The summed E-state index contributed by atoms with van der Waals surface area (Å²) in [5, 5.41) is 5.17. The largest absolute Gasteiger partial charge is 0.497 e. The number of carbonyl (C=O) groups excluding carboxylic acids is 3. The number of carbonyl (C=O) groups is 3. The van der Waals surface area contributed by atoms with Gasteiger partial charge < -0.3 is 29.7 Å². The highest BCUT2D eigenvalue weighted by molar-refractivity contribution is 6.39. The number of hydrogen-bond acceptors (Lipinski definition) is 6. The zero-order valence-electron chi connectivity index (χ0n) is 15.7. The third-order valence-corrected chi connectivity index (χ3v) is 4.46. The molecule has 0 unspecified atom stereocenters. The van der Waals surface area contributed by atoms with Gasteiger partial charge in [-0.1, -0.05) is 0 Å². The molecule has 148 valence electrons. The minimum absolute atomic E-state index is 0.207. The van der Waals surface area contributed by atoms with Crippen molar-refractivity contribution in [2.75, 3.05) is 46.3 Å². The number of likely N-dealkylation sites (tertiary alicyclic amines) is 1. The molecule has 1 aliphatic rings. The van der Waals surface area contributed by atoms with Gasteiger partial charge >= 0.3 is 17.9 Å². The van der Waals surface area contributed by atoms with Crippen molar-refractivity contribution >= 4 is 23.6 Å². The van der Waals surface area contributed by atoms with Crippen molar-refractivity contribution in [1.29, 1.82) is 0 Å². The number of nitrogens with one attached hydrogen (secondary N) is 2. The molecular weight excluding hydrogens is 354 g/mol. The lowest BCUT2D eigenvalue weighted by Gasteiger charge is -2.30. The van der Waals surface area contributed by atoms with Crippen LogP contribution in [0.2, 0.25) is 0 Å². The van der Waals surface area contributed by atoms with Crippen LogP contribution < -0.4 is 20.1 Å². The fourth-order valence-corrected chi connectivity index (χ4v) is 2.85. The third-order valence-electron chi connectivity index (χ3n) is 4.46. The van der Waals surface area contributed by atoms with Gasteiger partial charge in [0, 0.05) is 25.7 Å². The van der Waals surface area contributed by atoms with E-state index in [2.05, 4.69) is 10.6 Å². The second-order valence-corrected chi connectivity index (χ2v) is 6.13. The number of amides is 3. The number of rotatable bonds is 5. The maximum atomic E-state index is 12.1. The molecule has 1 fully saturated rings. The summed E-state index contributed by atoms with van der Waals surface area (Å²) in [5.41, 5.74) is 0.379. The summed E-state index contributed by atoms with van der Waals surface area (Å²) in [6.07, 6.45) is 1.14. The second-order valence-electron chi connectivity index (χ2n) is 6.13. The Balaban J connectivity index is 1.81. The Labute approximate surface area is 157 Å². The lowest BCUT2D eigenvalue weighted by Crippen LogP contribution is -2.43. The first-order valence-corrected chi connectivity index (χ1v) is 8.62. The first-order valence-electron chi connectivity index (χ1n) is 8.62. The summed E-state index contributed by atoms with van der Waals surface area (Å²) >= 11 is 0. The molecule has 0 atom stereocenters. The topological polar surface area (TPSA) is 106 Å². The summed E-state index contributed by atoms with van der Waals surface area (Å²) < 4.78 is 15.0. The van der Waals surface area contributed by atoms with E-state index >= 15 is 0 Å². The van der Waals surface area contributed by atoms with E-state index in [-0.39, 0.29) is 12.0 Å². The van der Waals surface area contributed by atoms with Gasteiger partial charge in [-0.2, -0.15) is 0 Å². The van der Waals surface area contributed by atoms with Gasteiger partial charge in [0.05, 0.1) is 27.0 Å². The molecule has 2 N–H and O–H groups in total. The second kappa shape index (κ2) is 9.65. The molecule has 2 rings (SSSR count). The number of hydrogen-bond donors (Lipinski definition) is 2. The Morgan fingerprint density at radius 1 is 1.07 bits per heavy atom. The van der Waals surface area contributed by atoms with Crippen molar-refractivity contribution in [2.24, 2.45) is 5.92 Å². The molecule has 1 aliphatic heterocycles. The van der Waals surface area contributed by atoms with Crippen molar-refractivity contribution in [1.82, 2.24) is 10.2 Å². The monoisotopic (exact) mass is 379 g/mol. The molecule has 1 aromatic rings. The number of piperidine rings is 1. The van der Waals surface area contributed by atoms with Crippen LogP contribution in [0, 0.1) is 5.92 Å². The van der Waals surface area contributed by atoms with Gasteiger partial charge in [0.1, 0.15) is 11.5 Å². The van der Waals surface area contributed by atoms with Crippen molar-refractivity contribution in [2.45, 2.75) is 12.8 Å². The Morgan fingerprint density at radius 2 is 1.78 bits per heavy atom. The van der Waals surface area contributed by atoms with Crippen LogP contribution in [-0.2, 0) is 14.3 Å². The van der Waals surface area contributed by atoms with Crippen LogP contribution in [0.5, 0.6) is 11.5 Å². The molecule has 0 saturated carbocycles. The maximum Gasteiger partial charge on any atom is 0.409 e.